The molecule has 0 amide bonds. The van der Waals surface area contributed by atoms with E-state index in [0.29, 0.717) is 6.42 Å². The summed E-state index contributed by atoms with van der Waals surface area (Å²) in [5, 5.41) is 24.0. The van der Waals surface area contributed by atoms with Crippen LogP contribution in [0.25, 0.3) is 6.08 Å². The summed E-state index contributed by atoms with van der Waals surface area (Å²) in [5.41, 5.74) is 1.70. The molecule has 7 heteroatoms. The third-order valence-electron chi connectivity index (χ3n) is 6.29. The van der Waals surface area contributed by atoms with Crippen molar-refractivity contribution < 1.29 is 24.5 Å². The number of hydrogen-bond acceptors (Lipinski definition) is 7. The van der Waals surface area contributed by atoms with Crippen molar-refractivity contribution >= 4 is 29.2 Å². The molecule has 1 unspecified atom stereocenters. The van der Waals surface area contributed by atoms with Crippen molar-refractivity contribution in [2.45, 2.75) is 85.0 Å². The molecule has 1 aliphatic rings. The standard InChI is InChI=1S/C25H37NO5S/c1-15-10-8-6-7-9-11-22(16(2)12-20-14-32-19(5)26-20)31-23(28)13-21(27)17(3)25(30)18(4)24(15)29/h7,9,12,14-15,17-18,21-22,24,27,29H,6,8,10-11,13H2,1-5H3/t15-,17+,18+,21?,22-,24-/m0/s1. The minimum Gasteiger partial charge on any atom is -0.457 e. The molecule has 0 saturated heterocycles. The van der Waals surface area contributed by atoms with Crippen molar-refractivity contribution in [1.29, 1.82) is 0 Å². The molecule has 6 nitrogen and oxygen atoms in total. The lowest BCUT2D eigenvalue weighted by Gasteiger charge is -2.28. The van der Waals surface area contributed by atoms with Gasteiger partial charge in [-0.25, -0.2) is 4.98 Å². The summed E-state index contributed by atoms with van der Waals surface area (Å²) in [6, 6.07) is 0. The monoisotopic (exact) mass is 463 g/mol. The van der Waals surface area contributed by atoms with E-state index in [4.69, 9.17) is 4.74 Å². The molecule has 0 bridgehead atoms. The Morgan fingerprint density at radius 2 is 1.91 bits per heavy atom. The molecule has 1 aliphatic heterocycles. The van der Waals surface area contributed by atoms with E-state index in [1.54, 1.807) is 25.2 Å². The van der Waals surface area contributed by atoms with Crippen LogP contribution >= 0.6 is 11.3 Å². The number of aliphatic hydroxyl groups is 2. The van der Waals surface area contributed by atoms with Crippen LogP contribution in [0.5, 0.6) is 0 Å². The largest absolute Gasteiger partial charge is 0.457 e. The van der Waals surface area contributed by atoms with E-state index in [1.807, 2.05) is 38.3 Å². The number of hydrogen-bond donors (Lipinski definition) is 2. The Hall–Kier alpha value is -1.83. The Kier molecular flexibility index (Phi) is 10.3. The molecular weight excluding hydrogens is 426 g/mol. The van der Waals surface area contributed by atoms with Gasteiger partial charge in [-0.1, -0.05) is 32.9 Å². The molecule has 1 aromatic heterocycles. The molecule has 0 fully saturated rings. The number of thiazole rings is 1. The summed E-state index contributed by atoms with van der Waals surface area (Å²) in [7, 11) is 0. The number of carbonyl (C=O) groups is 2. The third kappa shape index (κ3) is 7.64. The topological polar surface area (TPSA) is 96.7 Å². The van der Waals surface area contributed by atoms with Crippen LogP contribution in [0.2, 0.25) is 0 Å². The lowest BCUT2D eigenvalue weighted by molar-refractivity contribution is -0.151. The van der Waals surface area contributed by atoms with E-state index >= 15 is 0 Å². The number of rotatable bonds is 2. The van der Waals surface area contributed by atoms with Crippen molar-refractivity contribution in [1.82, 2.24) is 4.98 Å². The maximum atomic E-state index is 12.8. The summed E-state index contributed by atoms with van der Waals surface area (Å²) in [6.07, 6.45) is 6.41. The van der Waals surface area contributed by atoms with Gasteiger partial charge in [0.25, 0.3) is 0 Å². The Morgan fingerprint density at radius 1 is 1.19 bits per heavy atom. The average Bonchev–Trinajstić information content (AvgIpc) is 3.16. The first-order valence-electron chi connectivity index (χ1n) is 11.4. The van der Waals surface area contributed by atoms with Crippen LogP contribution in [0.4, 0.5) is 0 Å². The number of nitrogens with zero attached hydrogens (tertiary/aromatic N) is 1. The summed E-state index contributed by atoms with van der Waals surface area (Å²) in [5.74, 6) is -2.17. The van der Waals surface area contributed by atoms with Crippen LogP contribution in [0, 0.1) is 24.7 Å². The van der Waals surface area contributed by atoms with E-state index in [0.717, 1.165) is 35.5 Å². The second-order valence-corrected chi connectivity index (χ2v) is 10.1. The maximum Gasteiger partial charge on any atom is 0.309 e. The molecule has 0 aliphatic carbocycles. The second kappa shape index (κ2) is 12.4. The Morgan fingerprint density at radius 3 is 2.56 bits per heavy atom. The average molecular weight is 464 g/mol. The van der Waals surface area contributed by atoms with Gasteiger partial charge in [-0.05, 0) is 50.7 Å². The van der Waals surface area contributed by atoms with Crippen molar-refractivity contribution in [3.63, 3.8) is 0 Å². The summed E-state index contributed by atoms with van der Waals surface area (Å²) in [6.45, 7) is 9.10. The van der Waals surface area contributed by atoms with Crippen LogP contribution in [0.15, 0.2) is 23.1 Å². The van der Waals surface area contributed by atoms with Gasteiger partial charge in [0.15, 0.2) is 0 Å². The van der Waals surface area contributed by atoms with Gasteiger partial charge >= 0.3 is 5.97 Å². The molecule has 0 aromatic carbocycles. The number of carbonyl (C=O) groups excluding carboxylic acids is 2. The number of ketones is 1. The van der Waals surface area contributed by atoms with Gasteiger partial charge in [-0.15, -0.1) is 11.3 Å². The van der Waals surface area contributed by atoms with Gasteiger partial charge in [0.1, 0.15) is 11.9 Å². The number of ether oxygens (including phenoxy) is 1. The fourth-order valence-corrected chi connectivity index (χ4v) is 4.56. The molecule has 1 aromatic rings. The van der Waals surface area contributed by atoms with Crippen LogP contribution < -0.4 is 0 Å². The predicted octanol–water partition coefficient (Wildman–Crippen LogP) is 4.49. The second-order valence-electron chi connectivity index (χ2n) is 9.02. The van der Waals surface area contributed by atoms with Gasteiger partial charge in [0, 0.05) is 23.6 Å². The first-order chi connectivity index (χ1) is 15.1. The van der Waals surface area contributed by atoms with Crippen molar-refractivity contribution in [2.24, 2.45) is 17.8 Å². The molecule has 2 N–H and O–H groups in total. The van der Waals surface area contributed by atoms with Gasteiger partial charge in [-0.3, -0.25) is 9.59 Å². The summed E-state index contributed by atoms with van der Waals surface area (Å²) in [4.78, 5) is 29.8. The fourth-order valence-electron chi connectivity index (χ4n) is 3.99. The van der Waals surface area contributed by atoms with Crippen LogP contribution in [-0.2, 0) is 14.3 Å². The smallest absolute Gasteiger partial charge is 0.309 e. The van der Waals surface area contributed by atoms with Crippen molar-refractivity contribution in [2.75, 3.05) is 0 Å². The molecule has 178 valence electrons. The minimum absolute atomic E-state index is 0.0240. The summed E-state index contributed by atoms with van der Waals surface area (Å²) >= 11 is 1.56. The quantitative estimate of drug-likeness (QED) is 0.496. The number of allylic oxidation sites excluding steroid dienone is 1. The van der Waals surface area contributed by atoms with Gasteiger partial charge in [0.2, 0.25) is 0 Å². The fraction of sp³-hybridized carbons (Fsp3) is 0.640. The SMILES string of the molecule is CC(=Cc1csc(C)n1)[C@@H]1CC=CCCC[C@H](C)[C@H](O)[C@@H](C)C(=O)[C@H](C)C(O)CC(=O)O1. The highest BCUT2D eigenvalue weighted by atomic mass is 32.1. The number of esters is 1. The van der Waals surface area contributed by atoms with E-state index in [2.05, 4.69) is 11.1 Å². The van der Waals surface area contributed by atoms with E-state index in [1.165, 1.54) is 0 Å². The first kappa shape index (κ1) is 26.4. The number of aromatic nitrogens is 1. The number of aryl methyl sites for hydroxylation is 1. The molecule has 0 saturated carbocycles. The van der Waals surface area contributed by atoms with E-state index < -0.39 is 36.1 Å². The Bertz CT molecular complexity index is 830. The molecule has 0 spiro atoms. The zero-order valence-electron chi connectivity index (χ0n) is 19.8. The molecular formula is C25H37NO5S. The van der Waals surface area contributed by atoms with Gasteiger partial charge in [0.05, 0.1) is 29.3 Å². The van der Waals surface area contributed by atoms with Gasteiger partial charge < -0.3 is 14.9 Å². The number of aliphatic hydroxyl groups excluding tert-OH is 2. The highest BCUT2D eigenvalue weighted by Crippen LogP contribution is 2.25. The van der Waals surface area contributed by atoms with E-state index in [9.17, 15) is 19.8 Å². The molecule has 32 heavy (non-hydrogen) atoms. The lowest BCUT2D eigenvalue weighted by Crippen LogP contribution is -2.39. The molecule has 2 rings (SSSR count). The normalized spacial score (nSPS) is 32.0. The number of Topliss-reactive ketones (excluding diaryl/α,β-unsaturated/α-hetero) is 1. The zero-order valence-corrected chi connectivity index (χ0v) is 20.6. The van der Waals surface area contributed by atoms with Crippen molar-refractivity contribution in [3.8, 4) is 0 Å². The van der Waals surface area contributed by atoms with Crippen molar-refractivity contribution in [3.05, 3.63) is 33.8 Å². The van der Waals surface area contributed by atoms with Gasteiger partial charge in [-0.2, -0.15) is 0 Å². The highest BCUT2D eigenvalue weighted by molar-refractivity contribution is 7.09. The third-order valence-corrected chi connectivity index (χ3v) is 7.08. The van der Waals surface area contributed by atoms with Crippen LogP contribution in [0.1, 0.15) is 70.5 Å². The number of cyclic esters (lactones) is 1. The molecule has 0 radical (unpaired) electrons. The highest BCUT2D eigenvalue weighted by Gasteiger charge is 2.34. The van der Waals surface area contributed by atoms with E-state index in [-0.39, 0.29) is 18.1 Å². The Labute approximate surface area is 195 Å². The van der Waals surface area contributed by atoms with Crippen LogP contribution in [0.3, 0.4) is 0 Å². The maximum absolute atomic E-state index is 12.8. The molecule has 6 atom stereocenters. The molecule has 2 heterocycles. The lowest BCUT2D eigenvalue weighted by atomic mass is 9.81. The zero-order chi connectivity index (χ0) is 23.8. The minimum atomic E-state index is -1.16. The predicted molar refractivity (Wildman–Crippen MR) is 127 cm³/mol. The Balaban J connectivity index is 2.21. The van der Waals surface area contributed by atoms with Crippen LogP contribution in [-0.4, -0.2) is 45.3 Å². The summed E-state index contributed by atoms with van der Waals surface area (Å²) < 4.78 is 5.71. The first-order valence-corrected chi connectivity index (χ1v) is 12.3.